The maximum Gasteiger partial charge on any atom is 0.00792 e. The molecule has 2 saturated carbocycles. The van der Waals surface area contributed by atoms with Gasteiger partial charge in [-0.2, -0.15) is 0 Å². The molecule has 0 heterocycles. The summed E-state index contributed by atoms with van der Waals surface area (Å²) >= 11 is 0. The molecule has 2 aliphatic rings. The van der Waals surface area contributed by atoms with E-state index in [2.05, 4.69) is 5.32 Å². The molecule has 64 valence electrons. The van der Waals surface area contributed by atoms with Gasteiger partial charge in [0.05, 0.1) is 0 Å². The fourth-order valence-electron chi connectivity index (χ4n) is 1.92. The maximum absolute atomic E-state index is 5.95. The van der Waals surface area contributed by atoms with Gasteiger partial charge >= 0.3 is 0 Å². The minimum Gasteiger partial charge on any atom is -0.327 e. The molecule has 0 saturated heterocycles. The Kier molecular flexibility index (Phi) is 2.14. The van der Waals surface area contributed by atoms with Crippen LogP contribution in [0.25, 0.3) is 0 Å². The molecule has 0 spiro atoms. The molecule has 2 atom stereocenters. The molecule has 0 aliphatic heterocycles. The molecule has 0 radical (unpaired) electrons. The number of rotatable bonds is 3. The molecule has 0 aromatic rings. The van der Waals surface area contributed by atoms with Gasteiger partial charge in [-0.1, -0.05) is 6.42 Å². The van der Waals surface area contributed by atoms with Gasteiger partial charge in [0.15, 0.2) is 0 Å². The SMILES string of the molecule is NC1CCCC1CNC1CC1. The van der Waals surface area contributed by atoms with Crippen molar-refractivity contribution < 1.29 is 0 Å². The first-order valence-corrected chi connectivity index (χ1v) is 4.85. The normalized spacial score (nSPS) is 37.9. The quantitative estimate of drug-likeness (QED) is 0.633. The summed E-state index contributed by atoms with van der Waals surface area (Å²) in [6, 6.07) is 1.34. The van der Waals surface area contributed by atoms with Crippen LogP contribution in [-0.4, -0.2) is 18.6 Å². The second-order valence-corrected chi connectivity index (χ2v) is 4.04. The van der Waals surface area contributed by atoms with E-state index in [0.29, 0.717) is 6.04 Å². The molecule has 0 bridgehead atoms. The van der Waals surface area contributed by atoms with Gasteiger partial charge in [0, 0.05) is 12.1 Å². The van der Waals surface area contributed by atoms with Crippen LogP contribution in [0.3, 0.4) is 0 Å². The van der Waals surface area contributed by atoms with Gasteiger partial charge in [-0.3, -0.25) is 0 Å². The Labute approximate surface area is 68.5 Å². The Morgan fingerprint density at radius 2 is 2.00 bits per heavy atom. The summed E-state index contributed by atoms with van der Waals surface area (Å²) < 4.78 is 0. The van der Waals surface area contributed by atoms with E-state index in [-0.39, 0.29) is 0 Å². The van der Waals surface area contributed by atoms with Crippen LogP contribution in [0.5, 0.6) is 0 Å². The number of hydrogen-bond acceptors (Lipinski definition) is 2. The van der Waals surface area contributed by atoms with E-state index in [1.54, 1.807) is 0 Å². The average Bonchev–Trinajstić information content (AvgIpc) is 2.73. The first-order valence-electron chi connectivity index (χ1n) is 4.85. The van der Waals surface area contributed by atoms with Gasteiger partial charge in [-0.05, 0) is 38.1 Å². The van der Waals surface area contributed by atoms with Crippen LogP contribution in [0.4, 0.5) is 0 Å². The smallest absolute Gasteiger partial charge is 0.00792 e. The summed E-state index contributed by atoms with van der Waals surface area (Å²) in [5.41, 5.74) is 5.95. The summed E-state index contributed by atoms with van der Waals surface area (Å²) in [7, 11) is 0. The van der Waals surface area contributed by atoms with E-state index in [0.717, 1.165) is 12.0 Å². The highest BCUT2D eigenvalue weighted by Gasteiger charge is 2.26. The van der Waals surface area contributed by atoms with Crippen LogP contribution >= 0.6 is 0 Å². The van der Waals surface area contributed by atoms with Crippen LogP contribution in [-0.2, 0) is 0 Å². The van der Waals surface area contributed by atoms with Crippen LogP contribution in [0.1, 0.15) is 32.1 Å². The Bertz CT molecular complexity index is 132. The third kappa shape index (κ3) is 1.94. The third-order valence-corrected chi connectivity index (χ3v) is 2.96. The average molecular weight is 154 g/mol. The van der Waals surface area contributed by atoms with Crippen LogP contribution in [0.2, 0.25) is 0 Å². The van der Waals surface area contributed by atoms with E-state index in [1.165, 1.54) is 38.6 Å². The van der Waals surface area contributed by atoms with Crippen molar-refractivity contribution in [3.8, 4) is 0 Å². The predicted octanol–water partition coefficient (Wildman–Crippen LogP) is 0.866. The van der Waals surface area contributed by atoms with Gasteiger partial charge in [0.2, 0.25) is 0 Å². The summed E-state index contributed by atoms with van der Waals surface area (Å²) in [4.78, 5) is 0. The molecule has 2 rings (SSSR count). The number of hydrogen-bond donors (Lipinski definition) is 2. The zero-order valence-corrected chi connectivity index (χ0v) is 7.05. The molecule has 2 unspecified atom stereocenters. The molecule has 0 amide bonds. The standard InChI is InChI=1S/C9H18N2/c10-9-3-1-2-7(9)6-11-8-4-5-8/h7-9,11H,1-6,10H2. The Morgan fingerprint density at radius 3 is 2.55 bits per heavy atom. The lowest BCUT2D eigenvalue weighted by atomic mass is 10.1. The fourth-order valence-corrected chi connectivity index (χ4v) is 1.92. The number of nitrogens with one attached hydrogen (secondary N) is 1. The van der Waals surface area contributed by atoms with E-state index < -0.39 is 0 Å². The Hall–Kier alpha value is -0.0800. The largest absolute Gasteiger partial charge is 0.327 e. The fraction of sp³-hybridized carbons (Fsp3) is 1.00. The van der Waals surface area contributed by atoms with Crippen LogP contribution in [0.15, 0.2) is 0 Å². The minimum absolute atomic E-state index is 0.487. The highest BCUT2D eigenvalue weighted by Crippen LogP contribution is 2.25. The molecule has 3 N–H and O–H groups in total. The predicted molar refractivity (Wildman–Crippen MR) is 46.3 cm³/mol. The lowest BCUT2D eigenvalue weighted by Crippen LogP contribution is -2.33. The van der Waals surface area contributed by atoms with E-state index in [9.17, 15) is 0 Å². The molecule has 11 heavy (non-hydrogen) atoms. The zero-order chi connectivity index (χ0) is 7.68. The van der Waals surface area contributed by atoms with Crippen LogP contribution in [0, 0.1) is 5.92 Å². The highest BCUT2D eigenvalue weighted by atomic mass is 15.0. The molecule has 2 nitrogen and oxygen atoms in total. The summed E-state index contributed by atoms with van der Waals surface area (Å²) in [5.74, 6) is 0.774. The third-order valence-electron chi connectivity index (χ3n) is 2.96. The van der Waals surface area contributed by atoms with Crippen molar-refractivity contribution in [3.05, 3.63) is 0 Å². The Morgan fingerprint density at radius 1 is 1.18 bits per heavy atom. The van der Waals surface area contributed by atoms with E-state index in [1.807, 2.05) is 0 Å². The first kappa shape index (κ1) is 7.56. The summed E-state index contributed by atoms with van der Waals surface area (Å²) in [6.45, 7) is 1.17. The molecular formula is C9H18N2. The van der Waals surface area contributed by atoms with E-state index >= 15 is 0 Å². The van der Waals surface area contributed by atoms with Crippen molar-refractivity contribution in [2.75, 3.05) is 6.54 Å². The second-order valence-electron chi connectivity index (χ2n) is 4.04. The van der Waals surface area contributed by atoms with Crippen molar-refractivity contribution in [3.63, 3.8) is 0 Å². The molecule has 2 heteroatoms. The lowest BCUT2D eigenvalue weighted by molar-refractivity contribution is 0.441. The van der Waals surface area contributed by atoms with Crippen molar-refractivity contribution >= 4 is 0 Å². The molecule has 0 aromatic heterocycles. The van der Waals surface area contributed by atoms with Gasteiger partial charge in [-0.15, -0.1) is 0 Å². The maximum atomic E-state index is 5.95. The Balaban J connectivity index is 1.67. The van der Waals surface area contributed by atoms with Crippen LogP contribution < -0.4 is 11.1 Å². The van der Waals surface area contributed by atoms with Gasteiger partial charge in [-0.25, -0.2) is 0 Å². The van der Waals surface area contributed by atoms with Crippen molar-refractivity contribution in [1.29, 1.82) is 0 Å². The molecule has 0 aromatic carbocycles. The van der Waals surface area contributed by atoms with Crippen molar-refractivity contribution in [2.24, 2.45) is 11.7 Å². The summed E-state index contributed by atoms with van der Waals surface area (Å²) in [6.07, 6.45) is 6.72. The lowest BCUT2D eigenvalue weighted by Gasteiger charge is -2.15. The summed E-state index contributed by atoms with van der Waals surface area (Å²) in [5, 5.41) is 3.55. The van der Waals surface area contributed by atoms with Crippen molar-refractivity contribution in [2.45, 2.75) is 44.2 Å². The monoisotopic (exact) mass is 154 g/mol. The minimum atomic E-state index is 0.487. The first-order chi connectivity index (χ1) is 5.36. The van der Waals surface area contributed by atoms with Gasteiger partial charge < -0.3 is 11.1 Å². The zero-order valence-electron chi connectivity index (χ0n) is 7.05. The van der Waals surface area contributed by atoms with Gasteiger partial charge in [0.1, 0.15) is 0 Å². The van der Waals surface area contributed by atoms with E-state index in [4.69, 9.17) is 5.73 Å². The molecule has 2 fully saturated rings. The molecule has 2 aliphatic carbocycles. The number of nitrogens with two attached hydrogens (primary N) is 1. The highest BCUT2D eigenvalue weighted by molar-refractivity contribution is 4.86. The second kappa shape index (κ2) is 3.11. The topological polar surface area (TPSA) is 38.0 Å². The van der Waals surface area contributed by atoms with Crippen molar-refractivity contribution in [1.82, 2.24) is 5.32 Å². The van der Waals surface area contributed by atoms with Gasteiger partial charge in [0.25, 0.3) is 0 Å². The molecular weight excluding hydrogens is 136 g/mol.